The Morgan fingerprint density at radius 2 is 2.07 bits per heavy atom. The van der Waals surface area contributed by atoms with Crippen molar-refractivity contribution in [3.8, 4) is 11.1 Å². The minimum absolute atomic E-state index is 0.0429. The SMILES string of the molecule is CCc1nc2c(-c3cccc(S(=O)(=O)NC4CC4)c3)cccc2n1C/C(F)=C/CN. The third-order valence-electron chi connectivity index (χ3n) is 5.18. The zero-order valence-corrected chi connectivity index (χ0v) is 17.6. The van der Waals surface area contributed by atoms with E-state index >= 15 is 0 Å². The molecule has 8 heteroatoms. The van der Waals surface area contributed by atoms with Crippen LogP contribution < -0.4 is 10.5 Å². The fourth-order valence-corrected chi connectivity index (χ4v) is 4.89. The van der Waals surface area contributed by atoms with Gasteiger partial charge in [-0.05, 0) is 42.7 Å². The van der Waals surface area contributed by atoms with Crippen molar-refractivity contribution in [2.24, 2.45) is 5.73 Å². The third kappa shape index (κ3) is 4.16. The van der Waals surface area contributed by atoms with Crippen molar-refractivity contribution in [3.63, 3.8) is 0 Å². The Morgan fingerprint density at radius 1 is 1.30 bits per heavy atom. The van der Waals surface area contributed by atoms with Crippen LogP contribution in [0.4, 0.5) is 4.39 Å². The van der Waals surface area contributed by atoms with Gasteiger partial charge in [-0.3, -0.25) is 0 Å². The third-order valence-corrected chi connectivity index (χ3v) is 6.70. The highest BCUT2D eigenvalue weighted by Crippen LogP contribution is 2.31. The zero-order valence-electron chi connectivity index (χ0n) is 16.8. The maximum atomic E-state index is 14.2. The number of hydrogen-bond acceptors (Lipinski definition) is 4. The lowest BCUT2D eigenvalue weighted by Gasteiger charge is -2.09. The number of benzene rings is 2. The van der Waals surface area contributed by atoms with E-state index in [1.807, 2.05) is 35.8 Å². The second-order valence-electron chi connectivity index (χ2n) is 7.45. The van der Waals surface area contributed by atoms with Gasteiger partial charge in [-0.2, -0.15) is 0 Å². The van der Waals surface area contributed by atoms with Crippen LogP contribution in [0.2, 0.25) is 0 Å². The van der Waals surface area contributed by atoms with Gasteiger partial charge in [-0.25, -0.2) is 22.5 Å². The molecule has 0 saturated heterocycles. The maximum Gasteiger partial charge on any atom is 0.240 e. The van der Waals surface area contributed by atoms with E-state index in [0.717, 1.165) is 40.8 Å². The minimum atomic E-state index is -3.56. The van der Waals surface area contributed by atoms with Gasteiger partial charge in [-0.15, -0.1) is 0 Å². The summed E-state index contributed by atoms with van der Waals surface area (Å²) in [4.78, 5) is 4.98. The fourth-order valence-electron chi connectivity index (χ4n) is 3.54. The molecule has 1 aliphatic rings. The number of aromatic nitrogens is 2. The summed E-state index contributed by atoms with van der Waals surface area (Å²) in [5, 5.41) is 0. The van der Waals surface area contributed by atoms with Crippen molar-refractivity contribution < 1.29 is 12.8 Å². The molecule has 4 rings (SSSR count). The Morgan fingerprint density at radius 3 is 2.77 bits per heavy atom. The molecule has 1 saturated carbocycles. The highest BCUT2D eigenvalue weighted by Gasteiger charge is 2.28. The molecule has 158 valence electrons. The molecule has 6 nitrogen and oxygen atoms in total. The molecule has 0 atom stereocenters. The molecule has 3 N–H and O–H groups in total. The number of rotatable bonds is 8. The Hall–Kier alpha value is -2.55. The molecule has 1 aromatic heterocycles. The molecule has 1 heterocycles. The van der Waals surface area contributed by atoms with Gasteiger partial charge in [-0.1, -0.05) is 31.2 Å². The summed E-state index contributed by atoms with van der Waals surface area (Å²) in [6.45, 7) is 2.18. The van der Waals surface area contributed by atoms with Gasteiger partial charge in [0.1, 0.15) is 11.7 Å². The van der Waals surface area contributed by atoms with Crippen molar-refractivity contribution >= 4 is 21.1 Å². The van der Waals surface area contributed by atoms with Gasteiger partial charge < -0.3 is 10.3 Å². The predicted octanol–water partition coefficient (Wildman–Crippen LogP) is 3.52. The van der Waals surface area contributed by atoms with Crippen LogP contribution in [0.1, 0.15) is 25.6 Å². The van der Waals surface area contributed by atoms with E-state index in [4.69, 9.17) is 10.7 Å². The number of hydrogen-bond donors (Lipinski definition) is 2. The van der Waals surface area contributed by atoms with Crippen LogP contribution in [-0.4, -0.2) is 30.6 Å². The molecule has 0 spiro atoms. The van der Waals surface area contributed by atoms with Crippen LogP contribution in [0.3, 0.4) is 0 Å². The van der Waals surface area contributed by atoms with Gasteiger partial charge >= 0.3 is 0 Å². The Kier molecular flexibility index (Phi) is 5.73. The number of sulfonamides is 1. The van der Waals surface area contributed by atoms with E-state index in [1.54, 1.807) is 18.2 Å². The first-order valence-corrected chi connectivity index (χ1v) is 11.6. The second kappa shape index (κ2) is 8.29. The van der Waals surface area contributed by atoms with Crippen LogP contribution in [-0.2, 0) is 23.0 Å². The van der Waals surface area contributed by atoms with Crippen molar-refractivity contribution in [2.75, 3.05) is 6.54 Å². The smallest absolute Gasteiger partial charge is 0.240 e. The number of para-hydroxylation sites is 1. The molecule has 0 amide bonds. The summed E-state index contributed by atoms with van der Waals surface area (Å²) in [6, 6.07) is 12.6. The van der Waals surface area contributed by atoms with Crippen LogP contribution in [0, 0.1) is 0 Å². The molecule has 3 aromatic rings. The number of nitrogens with two attached hydrogens (primary N) is 1. The Balaban J connectivity index is 1.79. The lowest BCUT2D eigenvalue weighted by Crippen LogP contribution is -2.25. The first kappa shape index (κ1) is 20.7. The van der Waals surface area contributed by atoms with Gasteiger partial charge in [0, 0.05) is 24.6 Å². The van der Waals surface area contributed by atoms with Crippen LogP contribution >= 0.6 is 0 Å². The summed E-state index contributed by atoms with van der Waals surface area (Å²) >= 11 is 0. The number of fused-ring (bicyclic) bond motifs is 1. The summed E-state index contributed by atoms with van der Waals surface area (Å²) in [6.07, 6.45) is 3.76. The molecule has 1 aliphatic carbocycles. The largest absolute Gasteiger partial charge is 0.327 e. The van der Waals surface area contributed by atoms with Crippen molar-refractivity contribution in [1.29, 1.82) is 0 Å². The van der Waals surface area contributed by atoms with E-state index in [9.17, 15) is 12.8 Å². The number of nitrogens with zero attached hydrogens (tertiary/aromatic N) is 2. The average molecular weight is 429 g/mol. The fraction of sp³-hybridized carbons (Fsp3) is 0.318. The molecule has 0 aliphatic heterocycles. The summed E-state index contributed by atoms with van der Waals surface area (Å²) in [7, 11) is -3.56. The molecule has 0 radical (unpaired) electrons. The second-order valence-corrected chi connectivity index (χ2v) is 9.17. The average Bonchev–Trinajstić information content (AvgIpc) is 3.47. The Labute approximate surface area is 175 Å². The number of halogens is 1. The topological polar surface area (TPSA) is 90.0 Å². The number of aryl methyl sites for hydroxylation is 1. The summed E-state index contributed by atoms with van der Waals surface area (Å²) < 4.78 is 44.0. The van der Waals surface area contributed by atoms with E-state index < -0.39 is 10.0 Å². The lowest BCUT2D eigenvalue weighted by atomic mass is 10.0. The molecule has 1 fully saturated rings. The normalized spacial score (nSPS) is 15.1. The Bertz CT molecular complexity index is 1210. The van der Waals surface area contributed by atoms with Crippen molar-refractivity contribution in [3.05, 3.63) is 60.2 Å². The molecular formula is C22H25FN4O2S. The summed E-state index contributed by atoms with van der Waals surface area (Å²) in [5.74, 6) is 0.452. The van der Waals surface area contributed by atoms with Crippen LogP contribution in [0.5, 0.6) is 0 Å². The van der Waals surface area contributed by atoms with E-state index in [-0.39, 0.29) is 29.9 Å². The van der Waals surface area contributed by atoms with Crippen LogP contribution in [0.15, 0.2) is 59.3 Å². The van der Waals surface area contributed by atoms with Crippen molar-refractivity contribution in [2.45, 2.75) is 43.7 Å². The van der Waals surface area contributed by atoms with E-state index in [2.05, 4.69) is 4.72 Å². The molecule has 2 aromatic carbocycles. The molecule has 0 unspecified atom stereocenters. The predicted molar refractivity (Wildman–Crippen MR) is 116 cm³/mol. The molecular weight excluding hydrogens is 403 g/mol. The molecule has 0 bridgehead atoms. The van der Waals surface area contributed by atoms with Crippen LogP contribution in [0.25, 0.3) is 22.2 Å². The zero-order chi connectivity index (χ0) is 21.3. The van der Waals surface area contributed by atoms with E-state index in [1.165, 1.54) is 6.08 Å². The standard InChI is InChI=1S/C22H25FN4O2S/c1-2-21-25-22-19(7-4-8-20(22)27(21)14-16(23)11-12-24)15-5-3-6-18(13-15)30(28,29)26-17-9-10-17/h3-8,11,13,17,26H,2,9-10,12,14,24H2,1H3/b16-11-. The lowest BCUT2D eigenvalue weighted by molar-refractivity contribution is 0.549. The monoisotopic (exact) mass is 428 g/mol. The van der Waals surface area contributed by atoms with Gasteiger partial charge in [0.25, 0.3) is 0 Å². The van der Waals surface area contributed by atoms with Gasteiger partial charge in [0.2, 0.25) is 10.0 Å². The maximum absolute atomic E-state index is 14.2. The highest BCUT2D eigenvalue weighted by molar-refractivity contribution is 7.89. The molecule has 30 heavy (non-hydrogen) atoms. The quantitative estimate of drug-likeness (QED) is 0.574. The van der Waals surface area contributed by atoms with Gasteiger partial charge in [0.05, 0.1) is 22.5 Å². The van der Waals surface area contributed by atoms with Gasteiger partial charge in [0.15, 0.2) is 0 Å². The first-order chi connectivity index (χ1) is 14.4. The number of allylic oxidation sites excluding steroid dienone is 1. The minimum Gasteiger partial charge on any atom is -0.327 e. The van der Waals surface area contributed by atoms with Crippen molar-refractivity contribution in [1.82, 2.24) is 14.3 Å². The highest BCUT2D eigenvalue weighted by atomic mass is 32.2. The number of nitrogens with one attached hydrogen (secondary N) is 1. The summed E-state index contributed by atoms with van der Waals surface area (Å²) in [5.41, 5.74) is 8.52. The first-order valence-electron chi connectivity index (χ1n) is 10.1. The number of imidazole rings is 1. The van der Waals surface area contributed by atoms with E-state index in [0.29, 0.717) is 6.42 Å².